The van der Waals surface area contributed by atoms with Crippen molar-refractivity contribution in [2.75, 3.05) is 0 Å². The molecule has 0 radical (unpaired) electrons. The summed E-state index contributed by atoms with van der Waals surface area (Å²) in [7, 11) is 0. The number of hydrogen-bond donors (Lipinski definition) is 0. The van der Waals surface area contributed by atoms with E-state index in [2.05, 4.69) is 234 Å². The van der Waals surface area contributed by atoms with Gasteiger partial charge in [-0.3, -0.25) is 13.7 Å². The number of rotatable bonds is 10. The Morgan fingerprint density at radius 3 is 1.90 bits per heavy atom. The summed E-state index contributed by atoms with van der Waals surface area (Å²) in [6.45, 7) is 31.9. The molecule has 0 aliphatic carbocycles. The van der Waals surface area contributed by atoms with Crippen molar-refractivity contribution in [3.05, 3.63) is 185 Å². The smallest absolute Gasteiger partial charge is 0.268 e. The lowest BCUT2D eigenvalue weighted by molar-refractivity contribution is -0.599. The van der Waals surface area contributed by atoms with Gasteiger partial charge in [0.05, 0.1) is 22.4 Å². The molecule has 3 heterocycles. The Morgan fingerprint density at radius 2 is 1.24 bits per heavy atom. The van der Waals surface area contributed by atoms with Crippen molar-refractivity contribution in [2.45, 2.75) is 126 Å². The minimum absolute atomic E-state index is 0.00129. The molecule has 5 nitrogen and oxygen atoms in total. The highest BCUT2D eigenvalue weighted by Gasteiger charge is 2.23. The van der Waals surface area contributed by atoms with Crippen molar-refractivity contribution in [3.63, 3.8) is 0 Å². The zero-order valence-electron chi connectivity index (χ0n) is 42.7. The molecular formula is C63H68N4O. The number of aryl methyl sites for hydroxylation is 2. The average molecular weight is 897 g/mol. The van der Waals surface area contributed by atoms with Crippen LogP contribution < -0.4 is 9.30 Å². The fourth-order valence-electron chi connectivity index (χ4n) is 9.86. The van der Waals surface area contributed by atoms with E-state index in [9.17, 15) is 0 Å². The number of hydrogen-bond acceptors (Lipinski definition) is 2. The molecule has 0 fully saturated rings. The first-order chi connectivity index (χ1) is 32.2. The predicted octanol–water partition coefficient (Wildman–Crippen LogP) is 16.8. The molecule has 0 bridgehead atoms. The van der Waals surface area contributed by atoms with Gasteiger partial charge in [0.15, 0.2) is 0 Å². The van der Waals surface area contributed by atoms with Gasteiger partial charge in [-0.2, -0.15) is 0 Å². The van der Waals surface area contributed by atoms with Crippen LogP contribution in [0.3, 0.4) is 0 Å². The summed E-state index contributed by atoms with van der Waals surface area (Å²) < 4.78 is 13.2. The summed E-state index contributed by atoms with van der Waals surface area (Å²) in [5.41, 5.74) is 18.7. The fraction of sp³-hybridized carbons (Fsp3) is 0.302. The topological polar surface area (TPSA) is 35.9 Å². The second-order valence-corrected chi connectivity index (χ2v) is 22.0. The maximum atomic E-state index is 6.75. The summed E-state index contributed by atoms with van der Waals surface area (Å²) in [5, 5.41) is 2.35. The molecule has 9 rings (SSSR count). The summed E-state index contributed by atoms with van der Waals surface area (Å²) in [5.74, 6) is 3.64. The molecule has 0 atom stereocenters. The highest BCUT2D eigenvalue weighted by Crippen LogP contribution is 2.41. The molecule has 0 aliphatic heterocycles. The molecule has 68 heavy (non-hydrogen) atoms. The van der Waals surface area contributed by atoms with Crippen LogP contribution in [0.1, 0.15) is 140 Å². The van der Waals surface area contributed by atoms with Crippen LogP contribution in [0, 0.1) is 20.2 Å². The minimum Gasteiger partial charge on any atom is -0.458 e. The van der Waals surface area contributed by atoms with E-state index in [-0.39, 0.29) is 10.8 Å². The Morgan fingerprint density at radius 1 is 0.574 bits per heavy atom. The second kappa shape index (κ2) is 17.7. The van der Waals surface area contributed by atoms with Crippen molar-refractivity contribution < 1.29 is 9.30 Å². The molecule has 0 unspecified atom stereocenters. The van der Waals surface area contributed by atoms with Crippen LogP contribution in [0.5, 0.6) is 11.5 Å². The quantitative estimate of drug-likeness (QED) is 0.101. The third kappa shape index (κ3) is 8.92. The summed E-state index contributed by atoms with van der Waals surface area (Å²) in [6.07, 6.45) is 9.67. The van der Waals surface area contributed by atoms with Gasteiger partial charge in [-0.15, -0.1) is 0 Å². The van der Waals surface area contributed by atoms with Crippen molar-refractivity contribution in [1.29, 1.82) is 0 Å². The van der Waals surface area contributed by atoms with E-state index in [4.69, 9.17) is 9.72 Å². The maximum Gasteiger partial charge on any atom is 0.268 e. The number of fused-ring (bicyclic) bond motifs is 3. The molecular weight excluding hydrogens is 829 g/mol. The molecule has 0 amide bonds. The first-order valence-electron chi connectivity index (χ1n) is 24.5. The molecule has 0 aliphatic rings. The highest BCUT2D eigenvalue weighted by atomic mass is 16.5. The van der Waals surface area contributed by atoms with Crippen LogP contribution in [-0.2, 0) is 10.8 Å². The van der Waals surface area contributed by atoms with E-state index in [0.717, 1.165) is 50.7 Å². The van der Waals surface area contributed by atoms with Crippen LogP contribution in [0.15, 0.2) is 140 Å². The monoisotopic (exact) mass is 897 g/mol. The number of ether oxygens (including phenoxy) is 1. The number of imidazole rings is 1. The van der Waals surface area contributed by atoms with E-state index in [1.165, 1.54) is 61.0 Å². The first-order valence-corrected chi connectivity index (χ1v) is 24.5. The van der Waals surface area contributed by atoms with Crippen LogP contribution in [0.2, 0.25) is 0 Å². The van der Waals surface area contributed by atoms with Gasteiger partial charge in [0, 0.05) is 35.4 Å². The summed E-state index contributed by atoms with van der Waals surface area (Å²) in [6, 6.07) is 44.4. The number of aromatic nitrogens is 4. The van der Waals surface area contributed by atoms with E-state index in [0.29, 0.717) is 17.8 Å². The van der Waals surface area contributed by atoms with Gasteiger partial charge in [-0.25, -0.2) is 4.98 Å². The van der Waals surface area contributed by atoms with Crippen LogP contribution in [0.4, 0.5) is 0 Å². The third-order valence-electron chi connectivity index (χ3n) is 13.7. The SMILES string of the molecule is Cc1cc(C(C)(C)C)cc(C)c1-c1ccnc(-n2c3ccc(C(C)(C)C)cc3c3ccc(Oc4cccc(-n5[c-][n+](-c6cccc(-c7c(C(C)C)cc(C(C)C)cc7C(C)C)c6)cc5)c4)cc32)c1. The van der Waals surface area contributed by atoms with Gasteiger partial charge >= 0.3 is 0 Å². The molecule has 0 saturated heterocycles. The van der Waals surface area contributed by atoms with Gasteiger partial charge in [0.25, 0.3) is 6.33 Å². The van der Waals surface area contributed by atoms with Crippen molar-refractivity contribution >= 4 is 21.8 Å². The lowest BCUT2D eigenvalue weighted by Gasteiger charge is -2.23. The third-order valence-corrected chi connectivity index (χ3v) is 13.7. The molecule has 5 heteroatoms. The Balaban J connectivity index is 1.06. The van der Waals surface area contributed by atoms with Crippen LogP contribution >= 0.6 is 0 Å². The van der Waals surface area contributed by atoms with Crippen LogP contribution in [0.25, 0.3) is 61.3 Å². The Hall–Kier alpha value is -6.72. The standard InChI is InChI=1S/C63H68N4O/c1-39(2)46-32-54(40(3)4)61(55(33-46)41(5)6)44-17-15-18-49(31-44)65-27-28-66(38-65)50-19-16-20-51(36-50)68-52-22-23-53-56-35-47(62(9,10)11)21-24-57(56)67(58(53)37-52)59-34-45(25-26-64-59)60-42(7)29-48(30-43(60)8)63(12,13)14/h15-37,39-41H,1-14H3. The summed E-state index contributed by atoms with van der Waals surface area (Å²) >= 11 is 0. The van der Waals surface area contributed by atoms with Crippen molar-refractivity contribution in [2.24, 2.45) is 0 Å². The van der Waals surface area contributed by atoms with Crippen molar-refractivity contribution in [3.8, 4) is 50.9 Å². The zero-order chi connectivity index (χ0) is 48.4. The van der Waals surface area contributed by atoms with Gasteiger partial charge in [0.1, 0.15) is 17.3 Å². The average Bonchev–Trinajstić information content (AvgIpc) is 3.91. The molecule has 9 aromatic rings. The molecule has 6 aromatic carbocycles. The maximum absolute atomic E-state index is 6.75. The second-order valence-electron chi connectivity index (χ2n) is 22.0. The Labute approximate surface area is 405 Å². The lowest BCUT2D eigenvalue weighted by atomic mass is 9.82. The van der Waals surface area contributed by atoms with E-state index in [1.54, 1.807) is 0 Å². The number of benzene rings is 6. The van der Waals surface area contributed by atoms with Gasteiger partial charge in [0.2, 0.25) is 0 Å². The number of nitrogens with zero attached hydrogens (tertiary/aromatic N) is 4. The fourth-order valence-corrected chi connectivity index (χ4v) is 9.86. The van der Waals surface area contributed by atoms with E-state index >= 15 is 0 Å². The number of pyridine rings is 1. The van der Waals surface area contributed by atoms with E-state index < -0.39 is 0 Å². The normalized spacial score (nSPS) is 12.4. The predicted molar refractivity (Wildman–Crippen MR) is 285 cm³/mol. The van der Waals surface area contributed by atoms with Crippen LogP contribution in [-0.4, -0.2) is 14.1 Å². The van der Waals surface area contributed by atoms with Gasteiger partial charge in [-0.05, 0) is 170 Å². The zero-order valence-corrected chi connectivity index (χ0v) is 42.7. The molecule has 346 valence electrons. The highest BCUT2D eigenvalue weighted by molar-refractivity contribution is 6.10. The van der Waals surface area contributed by atoms with E-state index in [1.807, 2.05) is 22.9 Å². The van der Waals surface area contributed by atoms with Gasteiger partial charge in [-0.1, -0.05) is 132 Å². The van der Waals surface area contributed by atoms with Crippen molar-refractivity contribution in [1.82, 2.24) is 14.1 Å². The Kier molecular flexibility index (Phi) is 12.1. The molecule has 0 spiro atoms. The first kappa shape index (κ1) is 46.4. The Bertz CT molecular complexity index is 3290. The molecule has 3 aromatic heterocycles. The molecule has 0 saturated carbocycles. The van der Waals surface area contributed by atoms with Gasteiger partial charge < -0.3 is 4.74 Å². The molecule has 0 N–H and O–H groups in total. The lowest BCUT2D eigenvalue weighted by Crippen LogP contribution is -2.28. The summed E-state index contributed by atoms with van der Waals surface area (Å²) in [4.78, 5) is 5.04. The largest absolute Gasteiger partial charge is 0.458 e. The minimum atomic E-state index is -0.00129.